The van der Waals surface area contributed by atoms with Gasteiger partial charge in [0.1, 0.15) is 5.76 Å². The number of hydrogen-bond acceptors (Lipinski definition) is 6. The molecule has 3 rings (SSSR count). The Hall–Kier alpha value is -3.62. The molecule has 3 amide bonds. The van der Waals surface area contributed by atoms with E-state index in [1.165, 1.54) is 18.2 Å². The number of carbonyl (C=O) groups excluding carboxylic acids is 4. The summed E-state index contributed by atoms with van der Waals surface area (Å²) in [6.45, 7) is 0.239. The summed E-state index contributed by atoms with van der Waals surface area (Å²) in [5.74, 6) is -0.853. The number of amides is 3. The second kappa shape index (κ2) is 9.73. The number of hydrogen-bond donors (Lipinski definition) is 1. The fourth-order valence-electron chi connectivity index (χ4n) is 2.98. The van der Waals surface area contributed by atoms with E-state index in [-0.39, 0.29) is 30.5 Å². The van der Waals surface area contributed by atoms with E-state index in [1.54, 1.807) is 41.3 Å². The highest BCUT2D eigenvalue weighted by Crippen LogP contribution is 2.21. The number of likely N-dealkylation sites (N-methyl/N-ethyl adjacent to an activating group) is 1. The van der Waals surface area contributed by atoms with E-state index in [0.29, 0.717) is 18.7 Å². The van der Waals surface area contributed by atoms with Gasteiger partial charge in [0.15, 0.2) is 6.61 Å². The Balaban J connectivity index is 1.42. The molecule has 0 aliphatic carbocycles. The first-order chi connectivity index (χ1) is 14.4. The summed E-state index contributed by atoms with van der Waals surface area (Å²) in [4.78, 5) is 50.8. The maximum atomic E-state index is 12.2. The number of ether oxygens (including phenoxy) is 1. The van der Waals surface area contributed by atoms with E-state index >= 15 is 0 Å². The number of nitrogens with zero attached hydrogens (tertiary/aromatic N) is 2. The van der Waals surface area contributed by atoms with Crippen LogP contribution in [0.3, 0.4) is 0 Å². The maximum absolute atomic E-state index is 12.2. The number of rotatable bonds is 8. The number of anilines is 1. The molecule has 2 aromatic rings. The summed E-state index contributed by atoms with van der Waals surface area (Å²) >= 11 is 0. The summed E-state index contributed by atoms with van der Waals surface area (Å²) in [7, 11) is 1.45. The predicted molar refractivity (Wildman–Crippen MR) is 107 cm³/mol. The van der Waals surface area contributed by atoms with Gasteiger partial charge in [0.2, 0.25) is 11.8 Å². The second-order valence-corrected chi connectivity index (χ2v) is 6.88. The first kappa shape index (κ1) is 21.1. The lowest BCUT2D eigenvalue weighted by Crippen LogP contribution is -2.39. The van der Waals surface area contributed by atoms with E-state index in [2.05, 4.69) is 5.32 Å². The fourth-order valence-corrected chi connectivity index (χ4v) is 2.98. The zero-order chi connectivity index (χ0) is 21.5. The van der Waals surface area contributed by atoms with Gasteiger partial charge in [-0.3, -0.25) is 14.4 Å². The van der Waals surface area contributed by atoms with Crippen molar-refractivity contribution in [1.82, 2.24) is 10.2 Å². The van der Waals surface area contributed by atoms with Gasteiger partial charge in [0.25, 0.3) is 5.91 Å². The van der Waals surface area contributed by atoms with E-state index in [9.17, 15) is 19.2 Å². The monoisotopic (exact) mass is 413 g/mol. The smallest absolute Gasteiger partial charge is 0.338 e. The Morgan fingerprint density at radius 1 is 1.20 bits per heavy atom. The van der Waals surface area contributed by atoms with Crippen LogP contribution in [-0.4, -0.2) is 55.3 Å². The highest BCUT2D eigenvalue weighted by molar-refractivity contribution is 5.96. The van der Waals surface area contributed by atoms with Crippen molar-refractivity contribution in [2.45, 2.75) is 19.4 Å². The molecule has 1 saturated heterocycles. The Morgan fingerprint density at radius 3 is 2.60 bits per heavy atom. The number of benzene rings is 1. The number of esters is 1. The fraction of sp³-hybridized carbons (Fsp3) is 0.333. The van der Waals surface area contributed by atoms with Crippen LogP contribution < -0.4 is 10.2 Å². The third-order valence-electron chi connectivity index (χ3n) is 4.66. The molecule has 0 radical (unpaired) electrons. The predicted octanol–water partition coefficient (Wildman–Crippen LogP) is 1.34. The molecule has 9 heteroatoms. The van der Waals surface area contributed by atoms with Gasteiger partial charge in [0.05, 0.1) is 24.9 Å². The standard InChI is InChI=1S/C21H23N3O6/c1-23(13-18(25)22-12-17-4-3-11-29-17)20(27)14-30-21(28)15-6-8-16(9-7-15)24-10-2-5-19(24)26/h3-4,6-9,11H,2,5,10,12-14H2,1H3,(H,22,25). The Kier molecular flexibility index (Phi) is 6.84. The zero-order valence-corrected chi connectivity index (χ0v) is 16.6. The first-order valence-electron chi connectivity index (χ1n) is 9.54. The van der Waals surface area contributed by atoms with Crippen LogP contribution in [0.5, 0.6) is 0 Å². The summed E-state index contributed by atoms with van der Waals surface area (Å²) in [6.07, 6.45) is 2.85. The van der Waals surface area contributed by atoms with Gasteiger partial charge in [-0.2, -0.15) is 0 Å². The minimum atomic E-state index is -0.654. The van der Waals surface area contributed by atoms with Gasteiger partial charge in [-0.05, 0) is 42.8 Å². The van der Waals surface area contributed by atoms with Crippen molar-refractivity contribution in [1.29, 1.82) is 0 Å². The highest BCUT2D eigenvalue weighted by atomic mass is 16.5. The molecule has 1 aliphatic heterocycles. The van der Waals surface area contributed by atoms with Crippen molar-refractivity contribution in [3.05, 3.63) is 54.0 Å². The second-order valence-electron chi connectivity index (χ2n) is 6.88. The van der Waals surface area contributed by atoms with Crippen LogP contribution in [0.4, 0.5) is 5.69 Å². The lowest BCUT2D eigenvalue weighted by atomic mass is 10.2. The molecule has 158 valence electrons. The van der Waals surface area contributed by atoms with Crippen molar-refractivity contribution < 1.29 is 28.3 Å². The topological polar surface area (TPSA) is 109 Å². The molecule has 1 aromatic carbocycles. The van der Waals surface area contributed by atoms with Crippen LogP contribution in [0, 0.1) is 0 Å². The minimum absolute atomic E-state index is 0.0622. The summed E-state index contributed by atoms with van der Waals surface area (Å²) < 4.78 is 10.2. The molecule has 1 aromatic heterocycles. The number of nitrogens with one attached hydrogen (secondary N) is 1. The SMILES string of the molecule is CN(CC(=O)NCc1ccco1)C(=O)COC(=O)c1ccc(N2CCCC2=O)cc1. The van der Waals surface area contributed by atoms with Gasteiger partial charge in [-0.1, -0.05) is 0 Å². The molecule has 0 atom stereocenters. The molecular formula is C21H23N3O6. The van der Waals surface area contributed by atoms with E-state index < -0.39 is 18.5 Å². The maximum Gasteiger partial charge on any atom is 0.338 e. The Labute approximate surface area is 173 Å². The average Bonchev–Trinajstić information content (AvgIpc) is 3.42. The molecule has 30 heavy (non-hydrogen) atoms. The van der Waals surface area contributed by atoms with Crippen LogP contribution in [0.1, 0.15) is 29.0 Å². The molecule has 0 unspecified atom stereocenters. The van der Waals surface area contributed by atoms with Crippen LogP contribution in [0.15, 0.2) is 47.1 Å². The summed E-state index contributed by atoms with van der Waals surface area (Å²) in [5, 5.41) is 2.63. The van der Waals surface area contributed by atoms with Gasteiger partial charge in [-0.15, -0.1) is 0 Å². The normalized spacial score (nSPS) is 13.2. The molecule has 0 bridgehead atoms. The molecule has 1 fully saturated rings. The largest absolute Gasteiger partial charge is 0.467 e. The number of carbonyl (C=O) groups is 4. The van der Waals surface area contributed by atoms with Crippen molar-refractivity contribution in [2.75, 3.05) is 31.6 Å². The lowest BCUT2D eigenvalue weighted by molar-refractivity contribution is -0.137. The first-order valence-corrected chi connectivity index (χ1v) is 9.54. The molecule has 9 nitrogen and oxygen atoms in total. The molecule has 0 saturated carbocycles. The number of furan rings is 1. The van der Waals surface area contributed by atoms with Crippen molar-refractivity contribution in [3.8, 4) is 0 Å². The van der Waals surface area contributed by atoms with E-state index in [0.717, 1.165) is 12.1 Å². The Morgan fingerprint density at radius 2 is 1.97 bits per heavy atom. The van der Waals surface area contributed by atoms with Crippen LogP contribution in [0.25, 0.3) is 0 Å². The lowest BCUT2D eigenvalue weighted by Gasteiger charge is -2.17. The van der Waals surface area contributed by atoms with Crippen molar-refractivity contribution in [2.24, 2.45) is 0 Å². The molecule has 0 spiro atoms. The van der Waals surface area contributed by atoms with E-state index in [1.807, 2.05) is 0 Å². The van der Waals surface area contributed by atoms with E-state index in [4.69, 9.17) is 9.15 Å². The van der Waals surface area contributed by atoms with Crippen molar-refractivity contribution in [3.63, 3.8) is 0 Å². The average molecular weight is 413 g/mol. The molecule has 1 N–H and O–H groups in total. The summed E-state index contributed by atoms with van der Waals surface area (Å²) in [5.41, 5.74) is 1.00. The van der Waals surface area contributed by atoms with Crippen LogP contribution in [-0.2, 0) is 25.7 Å². The third kappa shape index (κ3) is 5.47. The van der Waals surface area contributed by atoms with Crippen LogP contribution in [0.2, 0.25) is 0 Å². The van der Waals surface area contributed by atoms with Gasteiger partial charge >= 0.3 is 5.97 Å². The Bertz CT molecular complexity index is 907. The van der Waals surface area contributed by atoms with Gasteiger partial charge in [-0.25, -0.2) is 4.79 Å². The highest BCUT2D eigenvalue weighted by Gasteiger charge is 2.22. The molecule has 1 aliphatic rings. The summed E-state index contributed by atoms with van der Waals surface area (Å²) in [6, 6.07) is 9.91. The quantitative estimate of drug-likeness (QED) is 0.654. The molecular weight excluding hydrogens is 390 g/mol. The third-order valence-corrected chi connectivity index (χ3v) is 4.66. The van der Waals surface area contributed by atoms with Gasteiger partial charge in [0, 0.05) is 25.7 Å². The van der Waals surface area contributed by atoms with Gasteiger partial charge < -0.3 is 24.3 Å². The molecule has 2 heterocycles. The minimum Gasteiger partial charge on any atom is -0.467 e. The van der Waals surface area contributed by atoms with Crippen LogP contribution >= 0.6 is 0 Å². The van der Waals surface area contributed by atoms with Crippen molar-refractivity contribution >= 4 is 29.4 Å². The zero-order valence-electron chi connectivity index (χ0n) is 16.6.